The number of fused-ring (bicyclic) bond motifs is 4. The van der Waals surface area contributed by atoms with E-state index in [1.54, 1.807) is 29.5 Å². The number of aromatic nitrogens is 3. The molecule has 0 amide bonds. The van der Waals surface area contributed by atoms with Gasteiger partial charge in [-0.15, -0.1) is 0 Å². The zero-order valence-corrected chi connectivity index (χ0v) is 21.8. The van der Waals surface area contributed by atoms with Crippen molar-refractivity contribution < 1.29 is 9.84 Å². The van der Waals surface area contributed by atoms with Gasteiger partial charge in [-0.1, -0.05) is 18.2 Å². The minimum absolute atomic E-state index is 0.0716. The monoisotopic (exact) mass is 502 g/mol. The molecule has 0 radical (unpaired) electrons. The summed E-state index contributed by atoms with van der Waals surface area (Å²) in [6.45, 7) is 2.66. The number of nitrogens with zero attached hydrogens (tertiary/aromatic N) is 6. The molecule has 37 heavy (non-hydrogen) atoms. The Kier molecular flexibility index (Phi) is 6.03. The number of benzene rings is 2. The summed E-state index contributed by atoms with van der Waals surface area (Å²) in [6, 6.07) is 15.4. The van der Waals surface area contributed by atoms with Crippen molar-refractivity contribution in [1.29, 1.82) is 0 Å². The fraction of sp³-hybridized carbons (Fsp3) is 0.429. The minimum atomic E-state index is -0.595. The van der Waals surface area contributed by atoms with Gasteiger partial charge in [-0.25, -0.2) is 4.79 Å². The molecule has 2 aromatic carbocycles. The normalized spacial score (nSPS) is 22.1. The summed E-state index contributed by atoms with van der Waals surface area (Å²) in [7, 11) is 7.64. The largest absolute Gasteiger partial charge is 0.383 e. The van der Waals surface area contributed by atoms with Crippen molar-refractivity contribution in [3.8, 4) is 11.1 Å². The van der Waals surface area contributed by atoms with Crippen molar-refractivity contribution in [3.63, 3.8) is 0 Å². The molecule has 2 saturated heterocycles. The van der Waals surface area contributed by atoms with Gasteiger partial charge < -0.3 is 19.6 Å². The van der Waals surface area contributed by atoms with E-state index in [2.05, 4.69) is 70.2 Å². The molecule has 4 aromatic rings. The van der Waals surface area contributed by atoms with Gasteiger partial charge in [-0.05, 0) is 55.9 Å². The molecule has 4 heterocycles. The zero-order valence-electron chi connectivity index (χ0n) is 21.8. The molecule has 0 spiro atoms. The number of hydrogen-bond acceptors (Lipinski definition) is 7. The number of methoxy groups -OCH3 is 1. The van der Waals surface area contributed by atoms with E-state index in [0.717, 1.165) is 58.3 Å². The van der Waals surface area contributed by atoms with Gasteiger partial charge in [0, 0.05) is 50.4 Å². The SMILES string of the molecule is COCCn1c(=O)n(C)c2cnc3ccc(-c4ccc(N5C[C@H]6C[C@@H](N(C)C)CN6C5O)cc4)cc3c21. The van der Waals surface area contributed by atoms with E-state index < -0.39 is 6.35 Å². The number of anilines is 1. The van der Waals surface area contributed by atoms with Crippen molar-refractivity contribution in [2.45, 2.75) is 31.4 Å². The van der Waals surface area contributed by atoms with E-state index in [1.807, 2.05) is 6.07 Å². The first-order valence-electron chi connectivity index (χ1n) is 12.8. The van der Waals surface area contributed by atoms with Gasteiger partial charge in [0.15, 0.2) is 6.35 Å². The van der Waals surface area contributed by atoms with Gasteiger partial charge in [0.2, 0.25) is 0 Å². The highest BCUT2D eigenvalue weighted by atomic mass is 16.5. The third-order valence-electron chi connectivity index (χ3n) is 8.17. The van der Waals surface area contributed by atoms with Crippen LogP contribution in [-0.4, -0.2) is 88.4 Å². The number of pyridine rings is 1. The molecule has 0 bridgehead atoms. The van der Waals surface area contributed by atoms with Gasteiger partial charge in [0.05, 0.1) is 35.9 Å². The molecule has 6 rings (SSSR count). The predicted molar refractivity (Wildman–Crippen MR) is 146 cm³/mol. The molecule has 9 heteroatoms. The second kappa shape index (κ2) is 9.25. The molecule has 2 aliphatic rings. The van der Waals surface area contributed by atoms with Crippen LogP contribution in [-0.2, 0) is 18.3 Å². The summed E-state index contributed by atoms with van der Waals surface area (Å²) < 4.78 is 8.67. The summed E-state index contributed by atoms with van der Waals surface area (Å²) in [4.78, 5) is 24.1. The molecular weight excluding hydrogens is 468 g/mol. The fourth-order valence-corrected chi connectivity index (χ4v) is 5.98. The van der Waals surface area contributed by atoms with E-state index >= 15 is 0 Å². The molecule has 0 aliphatic carbocycles. The smallest absolute Gasteiger partial charge is 0.328 e. The fourth-order valence-electron chi connectivity index (χ4n) is 5.98. The highest BCUT2D eigenvalue weighted by molar-refractivity contribution is 6.04. The van der Waals surface area contributed by atoms with E-state index in [9.17, 15) is 9.90 Å². The Morgan fingerprint density at radius 2 is 1.86 bits per heavy atom. The van der Waals surface area contributed by atoms with E-state index in [1.165, 1.54) is 0 Å². The van der Waals surface area contributed by atoms with Crippen LogP contribution in [0.5, 0.6) is 0 Å². The predicted octanol–water partition coefficient (Wildman–Crippen LogP) is 2.30. The van der Waals surface area contributed by atoms with E-state index in [4.69, 9.17) is 4.74 Å². The maximum atomic E-state index is 12.9. The van der Waals surface area contributed by atoms with E-state index in [-0.39, 0.29) is 5.69 Å². The number of aliphatic hydroxyl groups is 1. The van der Waals surface area contributed by atoms with Crippen molar-refractivity contribution >= 4 is 27.6 Å². The number of imidazole rings is 1. The molecule has 2 aromatic heterocycles. The summed E-state index contributed by atoms with van der Waals surface area (Å²) in [5, 5.41) is 12.0. The number of aliphatic hydroxyl groups excluding tert-OH is 1. The van der Waals surface area contributed by atoms with Gasteiger partial charge in [-0.3, -0.25) is 19.0 Å². The molecule has 3 atom stereocenters. The Morgan fingerprint density at radius 3 is 2.57 bits per heavy atom. The Balaban J connectivity index is 1.32. The summed E-state index contributed by atoms with van der Waals surface area (Å²) >= 11 is 0. The van der Waals surface area contributed by atoms with Crippen LogP contribution in [0, 0.1) is 0 Å². The van der Waals surface area contributed by atoms with Crippen LogP contribution >= 0.6 is 0 Å². The van der Waals surface area contributed by atoms with Gasteiger partial charge >= 0.3 is 5.69 Å². The van der Waals surface area contributed by atoms with Crippen LogP contribution in [0.15, 0.2) is 53.5 Å². The van der Waals surface area contributed by atoms with Crippen LogP contribution in [0.4, 0.5) is 5.69 Å². The lowest BCUT2D eigenvalue weighted by atomic mass is 10.0. The number of aryl methyl sites for hydroxylation is 1. The molecule has 2 aliphatic heterocycles. The van der Waals surface area contributed by atoms with Gasteiger partial charge in [0.25, 0.3) is 0 Å². The van der Waals surface area contributed by atoms with Crippen molar-refractivity contribution in [3.05, 3.63) is 59.1 Å². The van der Waals surface area contributed by atoms with Crippen molar-refractivity contribution in [2.75, 3.05) is 45.8 Å². The second-order valence-electron chi connectivity index (χ2n) is 10.5. The third kappa shape index (κ3) is 3.93. The Morgan fingerprint density at radius 1 is 1.11 bits per heavy atom. The maximum Gasteiger partial charge on any atom is 0.328 e. The van der Waals surface area contributed by atoms with Crippen molar-refractivity contribution in [2.24, 2.45) is 7.05 Å². The Bertz CT molecular complexity index is 1510. The first kappa shape index (κ1) is 24.1. The standard InChI is InChI=1S/C28H34N6O3/c1-30(2)21-14-22-17-33(28(36)34(22)16-21)20-8-5-18(6-9-20)19-7-10-24-23(13-19)26-25(15-29-24)31(3)27(35)32(26)11-12-37-4/h5-10,13,15,21-22,28,36H,11-12,14,16-17H2,1-4H3/t21-,22-,28?/m1/s1. The molecule has 1 unspecified atom stereocenters. The van der Waals surface area contributed by atoms with Crippen LogP contribution < -0.4 is 10.6 Å². The van der Waals surface area contributed by atoms with Crippen molar-refractivity contribution in [1.82, 2.24) is 23.9 Å². The zero-order chi connectivity index (χ0) is 25.8. The number of rotatable bonds is 6. The van der Waals surface area contributed by atoms with E-state index in [0.29, 0.717) is 25.2 Å². The second-order valence-corrected chi connectivity index (χ2v) is 10.5. The highest BCUT2D eigenvalue weighted by Crippen LogP contribution is 2.35. The quantitative estimate of drug-likeness (QED) is 0.434. The van der Waals surface area contributed by atoms with Gasteiger partial charge in [-0.2, -0.15) is 0 Å². The first-order valence-corrected chi connectivity index (χ1v) is 12.8. The summed E-state index contributed by atoms with van der Waals surface area (Å²) in [6.07, 6.45) is 2.25. The lowest BCUT2D eigenvalue weighted by molar-refractivity contribution is 0.0330. The third-order valence-corrected chi connectivity index (χ3v) is 8.17. The Hall–Kier alpha value is -3.24. The van der Waals surface area contributed by atoms with Gasteiger partial charge in [0.1, 0.15) is 0 Å². The number of ether oxygens (including phenoxy) is 1. The molecular formula is C28H34N6O3. The number of hydrogen-bond donors (Lipinski definition) is 1. The van der Waals surface area contributed by atoms with Crippen LogP contribution in [0.1, 0.15) is 6.42 Å². The molecule has 194 valence electrons. The minimum Gasteiger partial charge on any atom is -0.383 e. The van der Waals surface area contributed by atoms with Crippen LogP contribution in [0.2, 0.25) is 0 Å². The molecule has 0 saturated carbocycles. The molecule has 9 nitrogen and oxygen atoms in total. The average Bonchev–Trinajstić information content (AvgIpc) is 3.54. The summed E-state index contributed by atoms with van der Waals surface area (Å²) in [5.41, 5.74) is 5.61. The Labute approximate surface area is 216 Å². The highest BCUT2D eigenvalue weighted by Gasteiger charge is 2.45. The van der Waals surface area contributed by atoms with Crippen LogP contribution in [0.25, 0.3) is 33.1 Å². The topological polar surface area (TPSA) is 79.0 Å². The lowest BCUT2D eigenvalue weighted by Gasteiger charge is -2.28. The molecule has 2 fully saturated rings. The molecule has 1 N–H and O–H groups in total. The maximum absolute atomic E-state index is 12.9. The van der Waals surface area contributed by atoms with Crippen LogP contribution in [0.3, 0.4) is 0 Å². The number of likely N-dealkylation sites (N-methyl/N-ethyl adjacent to an activating group) is 1. The lowest BCUT2D eigenvalue weighted by Crippen LogP contribution is -2.42. The first-order chi connectivity index (χ1) is 17.9. The average molecular weight is 503 g/mol. The summed E-state index contributed by atoms with van der Waals surface area (Å²) in [5.74, 6) is 0.